The fourth-order valence-electron chi connectivity index (χ4n) is 2.30. The first-order valence-corrected chi connectivity index (χ1v) is 5.69. The minimum Gasteiger partial charge on any atom is -0.311 e. The van der Waals surface area contributed by atoms with E-state index in [4.69, 9.17) is 11.6 Å². The van der Waals surface area contributed by atoms with Crippen molar-refractivity contribution < 1.29 is 0 Å². The SMILES string of the molecule is CCCC1NCCN(N)C1(N)CCC. The molecule has 4 heteroatoms. The number of hydrazine groups is 1. The fraction of sp³-hybridized carbons (Fsp3) is 1.00. The maximum absolute atomic E-state index is 6.38. The topological polar surface area (TPSA) is 67.3 Å². The predicted octanol–water partition coefficient (Wildman–Crippen LogP) is 0.389. The number of hydrogen-bond donors (Lipinski definition) is 3. The molecule has 0 aromatic heterocycles. The normalized spacial score (nSPS) is 34.7. The summed E-state index contributed by atoms with van der Waals surface area (Å²) in [5, 5.41) is 5.31. The van der Waals surface area contributed by atoms with Gasteiger partial charge in [-0.15, -0.1) is 0 Å². The van der Waals surface area contributed by atoms with Crippen molar-refractivity contribution in [3.8, 4) is 0 Å². The minimum absolute atomic E-state index is 0.339. The molecule has 1 aliphatic heterocycles. The van der Waals surface area contributed by atoms with Crippen LogP contribution in [0.5, 0.6) is 0 Å². The zero-order chi connectivity index (χ0) is 10.6. The van der Waals surface area contributed by atoms with E-state index in [1.54, 1.807) is 0 Å². The van der Waals surface area contributed by atoms with E-state index in [-0.39, 0.29) is 5.66 Å². The van der Waals surface area contributed by atoms with Gasteiger partial charge in [0.2, 0.25) is 0 Å². The van der Waals surface area contributed by atoms with Gasteiger partial charge in [0.05, 0.1) is 5.66 Å². The number of rotatable bonds is 4. The van der Waals surface area contributed by atoms with Crippen LogP contribution >= 0.6 is 0 Å². The highest BCUT2D eigenvalue weighted by molar-refractivity contribution is 4.96. The smallest absolute Gasteiger partial charge is 0.0973 e. The van der Waals surface area contributed by atoms with Crippen LogP contribution in [0, 0.1) is 0 Å². The van der Waals surface area contributed by atoms with Gasteiger partial charge in [-0.3, -0.25) is 5.84 Å². The van der Waals surface area contributed by atoms with E-state index in [9.17, 15) is 0 Å². The highest BCUT2D eigenvalue weighted by Crippen LogP contribution is 2.23. The van der Waals surface area contributed by atoms with Crippen molar-refractivity contribution in [1.82, 2.24) is 10.3 Å². The molecule has 14 heavy (non-hydrogen) atoms. The lowest BCUT2D eigenvalue weighted by molar-refractivity contribution is 0.0120. The van der Waals surface area contributed by atoms with Gasteiger partial charge in [-0.1, -0.05) is 26.7 Å². The minimum atomic E-state index is -0.344. The van der Waals surface area contributed by atoms with Gasteiger partial charge in [0.1, 0.15) is 0 Å². The molecule has 1 heterocycles. The summed E-state index contributed by atoms with van der Waals surface area (Å²) in [6.45, 7) is 6.13. The molecule has 0 aliphatic carbocycles. The van der Waals surface area contributed by atoms with E-state index >= 15 is 0 Å². The third-order valence-corrected chi connectivity index (χ3v) is 3.11. The fourth-order valence-corrected chi connectivity index (χ4v) is 2.30. The molecule has 1 fully saturated rings. The molecule has 2 unspecified atom stereocenters. The van der Waals surface area contributed by atoms with Gasteiger partial charge in [0, 0.05) is 19.1 Å². The number of hydrogen-bond acceptors (Lipinski definition) is 4. The number of nitrogens with two attached hydrogens (primary N) is 2. The molecule has 0 aromatic rings. The first-order chi connectivity index (χ1) is 6.65. The Kier molecular flexibility index (Phi) is 4.31. The Bertz CT molecular complexity index is 172. The van der Waals surface area contributed by atoms with Gasteiger partial charge in [-0.2, -0.15) is 0 Å². The lowest BCUT2D eigenvalue weighted by Crippen LogP contribution is -2.73. The maximum atomic E-state index is 6.38. The Morgan fingerprint density at radius 1 is 1.43 bits per heavy atom. The van der Waals surface area contributed by atoms with Crippen molar-refractivity contribution in [2.24, 2.45) is 11.6 Å². The highest BCUT2D eigenvalue weighted by Gasteiger charge is 2.40. The van der Waals surface area contributed by atoms with Gasteiger partial charge in [-0.05, 0) is 12.8 Å². The molecule has 1 aliphatic rings. The van der Waals surface area contributed by atoms with Crippen molar-refractivity contribution >= 4 is 0 Å². The summed E-state index contributed by atoms with van der Waals surface area (Å²) in [5.41, 5.74) is 6.04. The molecule has 84 valence electrons. The summed E-state index contributed by atoms with van der Waals surface area (Å²) in [6.07, 6.45) is 4.28. The monoisotopic (exact) mass is 200 g/mol. The van der Waals surface area contributed by atoms with Gasteiger partial charge in [0.15, 0.2) is 0 Å². The molecular formula is C10H24N4. The quantitative estimate of drug-likeness (QED) is 0.574. The summed E-state index contributed by atoms with van der Waals surface area (Å²) in [5.74, 6) is 5.99. The Labute approximate surface area is 87.0 Å². The molecule has 0 bridgehead atoms. The molecule has 5 N–H and O–H groups in total. The number of nitrogens with one attached hydrogen (secondary N) is 1. The molecule has 0 spiro atoms. The van der Waals surface area contributed by atoms with Crippen LogP contribution in [0.2, 0.25) is 0 Å². The van der Waals surface area contributed by atoms with Crippen LogP contribution in [0.25, 0.3) is 0 Å². The number of piperazine rings is 1. The third-order valence-electron chi connectivity index (χ3n) is 3.11. The van der Waals surface area contributed by atoms with E-state index < -0.39 is 0 Å². The molecule has 1 saturated heterocycles. The van der Waals surface area contributed by atoms with Crippen LogP contribution < -0.4 is 16.9 Å². The van der Waals surface area contributed by atoms with Crippen molar-refractivity contribution in [2.75, 3.05) is 13.1 Å². The summed E-state index contributed by atoms with van der Waals surface area (Å²) < 4.78 is 0. The van der Waals surface area contributed by atoms with Gasteiger partial charge in [-0.25, -0.2) is 5.01 Å². The first kappa shape index (κ1) is 11.9. The molecule has 1 rings (SSSR count). The van der Waals surface area contributed by atoms with Crippen LogP contribution in [-0.4, -0.2) is 29.8 Å². The largest absolute Gasteiger partial charge is 0.311 e. The molecule has 2 atom stereocenters. The molecule has 0 aromatic carbocycles. The van der Waals surface area contributed by atoms with Crippen molar-refractivity contribution in [1.29, 1.82) is 0 Å². The van der Waals surface area contributed by atoms with E-state index in [1.807, 2.05) is 5.01 Å². The Morgan fingerprint density at radius 2 is 2.14 bits per heavy atom. The van der Waals surface area contributed by atoms with Gasteiger partial charge < -0.3 is 11.1 Å². The van der Waals surface area contributed by atoms with Crippen molar-refractivity contribution in [3.05, 3.63) is 0 Å². The first-order valence-electron chi connectivity index (χ1n) is 5.69. The molecule has 0 amide bonds. The van der Waals surface area contributed by atoms with Gasteiger partial charge in [0.25, 0.3) is 0 Å². The molecule has 4 nitrogen and oxygen atoms in total. The van der Waals surface area contributed by atoms with E-state index in [0.717, 1.165) is 38.8 Å². The zero-order valence-corrected chi connectivity index (χ0v) is 9.42. The summed E-state index contributed by atoms with van der Waals surface area (Å²) >= 11 is 0. The summed E-state index contributed by atoms with van der Waals surface area (Å²) in [4.78, 5) is 0. The second-order valence-electron chi connectivity index (χ2n) is 4.23. The van der Waals surface area contributed by atoms with Crippen molar-refractivity contribution in [3.63, 3.8) is 0 Å². The van der Waals surface area contributed by atoms with E-state index in [0.29, 0.717) is 6.04 Å². The lowest BCUT2D eigenvalue weighted by Gasteiger charge is -2.48. The van der Waals surface area contributed by atoms with Crippen molar-refractivity contribution in [2.45, 2.75) is 51.2 Å². The Balaban J connectivity index is 2.69. The van der Waals surface area contributed by atoms with Crippen LogP contribution in [0.1, 0.15) is 39.5 Å². The lowest BCUT2D eigenvalue weighted by atomic mass is 9.90. The zero-order valence-electron chi connectivity index (χ0n) is 9.42. The number of nitrogens with zero attached hydrogens (tertiary/aromatic N) is 1. The third kappa shape index (κ3) is 2.25. The van der Waals surface area contributed by atoms with Crippen LogP contribution in [-0.2, 0) is 0 Å². The molecule has 0 saturated carbocycles. The van der Waals surface area contributed by atoms with Gasteiger partial charge >= 0.3 is 0 Å². The van der Waals surface area contributed by atoms with E-state index in [2.05, 4.69) is 19.2 Å². The van der Waals surface area contributed by atoms with Crippen LogP contribution in [0.15, 0.2) is 0 Å². The maximum Gasteiger partial charge on any atom is 0.0973 e. The Hall–Kier alpha value is -0.160. The van der Waals surface area contributed by atoms with Crippen LogP contribution in [0.4, 0.5) is 0 Å². The second kappa shape index (κ2) is 5.07. The summed E-state index contributed by atoms with van der Waals surface area (Å²) in [7, 11) is 0. The molecule has 0 radical (unpaired) electrons. The average molecular weight is 200 g/mol. The van der Waals surface area contributed by atoms with E-state index in [1.165, 1.54) is 0 Å². The standard InChI is InChI=1S/C10H24N4/c1-3-5-9-10(11,6-4-2)14(12)8-7-13-9/h9,13H,3-8,11-12H2,1-2H3. The highest BCUT2D eigenvalue weighted by atomic mass is 15.5. The average Bonchev–Trinajstić information content (AvgIpc) is 2.14. The van der Waals surface area contributed by atoms with Crippen LogP contribution in [0.3, 0.4) is 0 Å². The second-order valence-corrected chi connectivity index (χ2v) is 4.23. The molecular weight excluding hydrogens is 176 g/mol. The summed E-state index contributed by atoms with van der Waals surface area (Å²) in [6, 6.07) is 0.339. The predicted molar refractivity (Wildman–Crippen MR) is 59.4 cm³/mol. The Morgan fingerprint density at radius 3 is 2.71 bits per heavy atom.